The topological polar surface area (TPSA) is 61.4 Å². The molecule has 0 radical (unpaired) electrons. The van der Waals surface area contributed by atoms with E-state index < -0.39 is 6.10 Å². The molecule has 4 nitrogen and oxygen atoms in total. The van der Waals surface area contributed by atoms with Crippen LogP contribution in [0.15, 0.2) is 24.3 Å². The summed E-state index contributed by atoms with van der Waals surface area (Å²) in [4.78, 5) is 11.4. The summed E-state index contributed by atoms with van der Waals surface area (Å²) in [5.41, 5.74) is 1.36. The van der Waals surface area contributed by atoms with E-state index in [0.717, 1.165) is 5.69 Å². The number of alkyl halides is 1. The van der Waals surface area contributed by atoms with Crippen molar-refractivity contribution in [3.05, 3.63) is 29.8 Å². The molecular weight excluding hydrogens is 228 g/mol. The van der Waals surface area contributed by atoms with Crippen molar-refractivity contribution >= 4 is 23.2 Å². The van der Waals surface area contributed by atoms with Crippen molar-refractivity contribution in [2.75, 3.05) is 24.8 Å². The number of carbonyl (C=O) groups excluding carboxylic acids is 1. The minimum atomic E-state index is -0.592. The van der Waals surface area contributed by atoms with Gasteiger partial charge in [0.1, 0.15) is 0 Å². The normalized spacial score (nSPS) is 11.9. The van der Waals surface area contributed by atoms with E-state index in [1.807, 2.05) is 6.07 Å². The highest BCUT2D eigenvalue weighted by molar-refractivity contribution is 6.18. The van der Waals surface area contributed by atoms with E-state index in [-0.39, 0.29) is 11.8 Å². The maximum absolute atomic E-state index is 11.4. The molecule has 1 unspecified atom stereocenters. The van der Waals surface area contributed by atoms with Crippen molar-refractivity contribution in [1.82, 2.24) is 5.32 Å². The average molecular weight is 243 g/mol. The third kappa shape index (κ3) is 3.72. The van der Waals surface area contributed by atoms with Gasteiger partial charge in [-0.2, -0.15) is 0 Å². The van der Waals surface area contributed by atoms with E-state index in [9.17, 15) is 9.90 Å². The van der Waals surface area contributed by atoms with Gasteiger partial charge in [0.15, 0.2) is 0 Å². The quantitative estimate of drug-likeness (QED) is 0.677. The zero-order valence-electron chi connectivity index (χ0n) is 9.03. The highest BCUT2D eigenvalue weighted by Gasteiger charge is 2.05. The molecule has 0 heterocycles. The van der Waals surface area contributed by atoms with Crippen molar-refractivity contribution in [3.63, 3.8) is 0 Å². The molecule has 0 aromatic heterocycles. The predicted octanol–water partition coefficient (Wildman–Crippen LogP) is 1.06. The number of benzene rings is 1. The zero-order valence-corrected chi connectivity index (χ0v) is 9.79. The molecule has 3 N–H and O–H groups in total. The smallest absolute Gasteiger partial charge is 0.251 e. The largest absolute Gasteiger partial charge is 0.390 e. The standard InChI is InChI=1S/C11H15ClN2O2/c1-13-11(16)8-3-2-4-9(5-8)14-7-10(15)6-12/h2-5,10,14-15H,6-7H2,1H3,(H,13,16). The van der Waals surface area contributed by atoms with Crippen LogP contribution in [0.3, 0.4) is 0 Å². The van der Waals surface area contributed by atoms with Gasteiger partial charge in [-0.15, -0.1) is 11.6 Å². The molecule has 16 heavy (non-hydrogen) atoms. The second-order valence-electron chi connectivity index (χ2n) is 3.35. The van der Waals surface area contributed by atoms with Gasteiger partial charge in [-0.3, -0.25) is 4.79 Å². The first-order valence-corrected chi connectivity index (χ1v) is 5.51. The Balaban J connectivity index is 2.64. The van der Waals surface area contributed by atoms with E-state index >= 15 is 0 Å². The van der Waals surface area contributed by atoms with E-state index in [1.165, 1.54) is 0 Å². The number of halogens is 1. The number of aliphatic hydroxyl groups is 1. The molecule has 88 valence electrons. The van der Waals surface area contributed by atoms with Crippen LogP contribution in [0.4, 0.5) is 5.69 Å². The van der Waals surface area contributed by atoms with E-state index in [1.54, 1.807) is 25.2 Å². The van der Waals surface area contributed by atoms with Crippen LogP contribution < -0.4 is 10.6 Å². The van der Waals surface area contributed by atoms with Crippen LogP contribution in [0.1, 0.15) is 10.4 Å². The number of hydrogen-bond acceptors (Lipinski definition) is 3. The van der Waals surface area contributed by atoms with Gasteiger partial charge in [-0.1, -0.05) is 6.07 Å². The fourth-order valence-electron chi connectivity index (χ4n) is 1.20. The first-order chi connectivity index (χ1) is 7.67. The Bertz CT molecular complexity index is 358. The number of rotatable bonds is 5. The van der Waals surface area contributed by atoms with Crippen molar-refractivity contribution in [2.24, 2.45) is 0 Å². The Morgan fingerprint density at radius 1 is 1.56 bits per heavy atom. The Kier molecular flexibility index (Phi) is 5.08. The molecule has 0 spiro atoms. The lowest BCUT2D eigenvalue weighted by atomic mass is 10.2. The zero-order chi connectivity index (χ0) is 12.0. The molecule has 0 saturated carbocycles. The van der Waals surface area contributed by atoms with Gasteiger partial charge in [0.2, 0.25) is 0 Å². The van der Waals surface area contributed by atoms with Gasteiger partial charge in [-0.05, 0) is 18.2 Å². The molecule has 0 saturated heterocycles. The van der Waals surface area contributed by atoms with Crippen molar-refractivity contribution in [1.29, 1.82) is 0 Å². The summed E-state index contributed by atoms with van der Waals surface area (Å²) in [7, 11) is 1.58. The van der Waals surface area contributed by atoms with Crippen LogP contribution in [0.25, 0.3) is 0 Å². The van der Waals surface area contributed by atoms with Crippen LogP contribution >= 0.6 is 11.6 Å². The molecule has 1 atom stereocenters. The molecule has 1 amide bonds. The van der Waals surface area contributed by atoms with Crippen LogP contribution in [0.5, 0.6) is 0 Å². The number of amides is 1. The Hall–Kier alpha value is -1.26. The lowest BCUT2D eigenvalue weighted by Gasteiger charge is -2.10. The fourth-order valence-corrected chi connectivity index (χ4v) is 1.31. The summed E-state index contributed by atoms with van der Waals surface area (Å²) in [6.45, 7) is 0.362. The van der Waals surface area contributed by atoms with E-state index in [4.69, 9.17) is 11.6 Å². The van der Waals surface area contributed by atoms with Crippen molar-refractivity contribution in [3.8, 4) is 0 Å². The van der Waals surface area contributed by atoms with Crippen molar-refractivity contribution in [2.45, 2.75) is 6.10 Å². The van der Waals surface area contributed by atoms with Crippen LogP contribution in [-0.2, 0) is 0 Å². The lowest BCUT2D eigenvalue weighted by Crippen LogP contribution is -2.21. The minimum absolute atomic E-state index is 0.137. The third-order valence-corrected chi connectivity index (χ3v) is 2.43. The summed E-state index contributed by atoms with van der Waals surface area (Å²) in [6.07, 6.45) is -0.592. The first kappa shape index (κ1) is 12.8. The summed E-state index contributed by atoms with van der Waals surface area (Å²) in [6, 6.07) is 7.05. The lowest BCUT2D eigenvalue weighted by molar-refractivity contribution is 0.0963. The molecular formula is C11H15ClN2O2. The summed E-state index contributed by atoms with van der Waals surface area (Å²) < 4.78 is 0. The second kappa shape index (κ2) is 6.35. The number of aliphatic hydroxyl groups excluding tert-OH is 1. The Labute approximate surface area is 99.6 Å². The van der Waals surface area contributed by atoms with Crippen molar-refractivity contribution < 1.29 is 9.90 Å². The third-order valence-electron chi connectivity index (χ3n) is 2.07. The van der Waals surface area contributed by atoms with E-state index in [0.29, 0.717) is 12.1 Å². The van der Waals surface area contributed by atoms with Gasteiger partial charge in [-0.25, -0.2) is 0 Å². The molecule has 0 bridgehead atoms. The molecule has 0 fully saturated rings. The number of anilines is 1. The molecule has 5 heteroatoms. The second-order valence-corrected chi connectivity index (χ2v) is 3.66. The molecule has 1 aromatic carbocycles. The monoisotopic (exact) mass is 242 g/mol. The maximum Gasteiger partial charge on any atom is 0.251 e. The summed E-state index contributed by atoms with van der Waals surface area (Å²) >= 11 is 5.47. The van der Waals surface area contributed by atoms with Crippen LogP contribution in [0, 0.1) is 0 Å². The maximum atomic E-state index is 11.4. The van der Waals surface area contributed by atoms with E-state index in [2.05, 4.69) is 10.6 Å². The number of nitrogens with one attached hydrogen (secondary N) is 2. The van der Waals surface area contributed by atoms with Gasteiger partial charge >= 0.3 is 0 Å². The molecule has 1 rings (SSSR count). The van der Waals surface area contributed by atoms with Gasteiger partial charge in [0.05, 0.1) is 12.0 Å². The molecule has 1 aromatic rings. The van der Waals surface area contributed by atoms with Gasteiger partial charge in [0, 0.05) is 24.8 Å². The molecule has 0 aliphatic rings. The predicted molar refractivity (Wildman–Crippen MR) is 65.0 cm³/mol. The summed E-state index contributed by atoms with van der Waals surface area (Å²) in [5.74, 6) is 0.0452. The molecule has 0 aliphatic carbocycles. The number of carbonyl (C=O) groups is 1. The highest BCUT2D eigenvalue weighted by Crippen LogP contribution is 2.10. The first-order valence-electron chi connectivity index (χ1n) is 4.97. The highest BCUT2D eigenvalue weighted by atomic mass is 35.5. The number of hydrogen-bond donors (Lipinski definition) is 3. The Morgan fingerprint density at radius 2 is 2.31 bits per heavy atom. The van der Waals surface area contributed by atoms with Gasteiger partial charge in [0.25, 0.3) is 5.91 Å². The minimum Gasteiger partial charge on any atom is -0.390 e. The fraction of sp³-hybridized carbons (Fsp3) is 0.364. The SMILES string of the molecule is CNC(=O)c1cccc(NCC(O)CCl)c1. The van der Waals surface area contributed by atoms with Gasteiger partial charge < -0.3 is 15.7 Å². The van der Waals surface area contributed by atoms with Crippen LogP contribution in [-0.4, -0.2) is 36.6 Å². The average Bonchev–Trinajstić information content (AvgIpc) is 2.35. The molecule has 0 aliphatic heterocycles. The van der Waals surface area contributed by atoms with Crippen LogP contribution in [0.2, 0.25) is 0 Å². The summed E-state index contributed by atoms with van der Waals surface area (Å²) in [5, 5.41) is 14.8. The Morgan fingerprint density at radius 3 is 2.94 bits per heavy atom.